The Morgan fingerprint density at radius 1 is 0.839 bits per heavy atom. The van der Waals surface area contributed by atoms with Crippen molar-refractivity contribution in [2.24, 2.45) is 0 Å². The molecule has 9 heteroatoms. The van der Waals surface area contributed by atoms with Gasteiger partial charge >= 0.3 is 0 Å². The van der Waals surface area contributed by atoms with Crippen LogP contribution in [0.4, 0.5) is 17.3 Å². The van der Waals surface area contributed by atoms with E-state index in [9.17, 15) is 8.42 Å². The molecule has 0 unspecified atom stereocenters. The van der Waals surface area contributed by atoms with Crippen molar-refractivity contribution >= 4 is 49.2 Å². The lowest BCUT2D eigenvalue weighted by atomic mass is 10.1. The third-order valence-electron chi connectivity index (χ3n) is 4.75. The fourth-order valence-corrected chi connectivity index (χ4v) is 3.98. The Hall–Kier alpha value is -3.98. The Bertz CT molecular complexity index is 1510. The van der Waals surface area contributed by atoms with Crippen molar-refractivity contribution in [1.29, 1.82) is 0 Å². The van der Waals surface area contributed by atoms with Crippen LogP contribution in [0.2, 0.25) is 0 Å². The van der Waals surface area contributed by atoms with Crippen LogP contribution in [-0.2, 0) is 10.0 Å². The monoisotopic (exact) mass is 430 g/mol. The highest BCUT2D eigenvalue weighted by molar-refractivity contribution is 7.92. The lowest BCUT2D eigenvalue weighted by molar-refractivity contribution is 0.607. The van der Waals surface area contributed by atoms with E-state index in [1.807, 2.05) is 28.9 Å². The second kappa shape index (κ2) is 7.37. The van der Waals surface area contributed by atoms with Gasteiger partial charge < -0.3 is 5.32 Å². The molecule has 5 aromatic rings. The average molecular weight is 430 g/mol. The predicted molar refractivity (Wildman–Crippen MR) is 122 cm³/mol. The maximum Gasteiger partial charge on any atom is 0.229 e. The van der Waals surface area contributed by atoms with Crippen LogP contribution in [0.25, 0.3) is 27.5 Å². The molecule has 0 aliphatic rings. The van der Waals surface area contributed by atoms with Gasteiger partial charge in [0.2, 0.25) is 16.0 Å². The minimum absolute atomic E-state index is 0.415. The number of hydrogen-bond acceptors (Lipinski definition) is 6. The maximum absolute atomic E-state index is 11.4. The van der Waals surface area contributed by atoms with Gasteiger partial charge in [-0.2, -0.15) is 10.1 Å². The molecular weight excluding hydrogens is 412 g/mol. The van der Waals surface area contributed by atoms with Gasteiger partial charge in [-0.15, -0.1) is 0 Å². The van der Waals surface area contributed by atoms with Gasteiger partial charge in [0.25, 0.3) is 0 Å². The molecule has 0 amide bonds. The molecule has 0 aliphatic heterocycles. The van der Waals surface area contributed by atoms with Gasteiger partial charge in [-0.3, -0.25) is 4.72 Å². The van der Waals surface area contributed by atoms with E-state index >= 15 is 0 Å². The molecule has 0 atom stereocenters. The number of sulfonamides is 1. The molecule has 0 spiro atoms. The van der Waals surface area contributed by atoms with Crippen LogP contribution in [0.1, 0.15) is 0 Å². The van der Waals surface area contributed by atoms with Crippen molar-refractivity contribution in [2.75, 3.05) is 16.3 Å². The number of benzene rings is 3. The number of rotatable bonds is 5. The third-order valence-corrected chi connectivity index (χ3v) is 5.35. The smallest absolute Gasteiger partial charge is 0.229 e. The summed E-state index contributed by atoms with van der Waals surface area (Å²) < 4.78 is 26.9. The fraction of sp³-hybridized carbons (Fsp3) is 0.0455. The summed E-state index contributed by atoms with van der Waals surface area (Å²) in [7, 11) is -3.32. The topological polar surface area (TPSA) is 102 Å². The molecule has 0 bridgehead atoms. The molecule has 154 valence electrons. The van der Waals surface area contributed by atoms with E-state index in [1.54, 1.807) is 36.7 Å². The van der Waals surface area contributed by atoms with Gasteiger partial charge in [0.05, 0.1) is 23.5 Å². The summed E-state index contributed by atoms with van der Waals surface area (Å²) in [5.41, 5.74) is 2.84. The molecular formula is C22H18N6O2S. The van der Waals surface area contributed by atoms with E-state index < -0.39 is 10.0 Å². The molecule has 0 radical (unpaired) electrons. The zero-order chi connectivity index (χ0) is 21.4. The molecule has 31 heavy (non-hydrogen) atoms. The van der Waals surface area contributed by atoms with E-state index in [0.717, 1.165) is 33.8 Å². The summed E-state index contributed by atoms with van der Waals surface area (Å²) in [6, 6.07) is 21.1. The molecule has 2 N–H and O–H groups in total. The first kappa shape index (κ1) is 19.0. The van der Waals surface area contributed by atoms with Crippen molar-refractivity contribution in [3.05, 3.63) is 79.1 Å². The van der Waals surface area contributed by atoms with Crippen molar-refractivity contribution < 1.29 is 8.42 Å². The Kier molecular flexibility index (Phi) is 4.52. The number of aromatic nitrogens is 4. The Labute approximate surface area is 178 Å². The summed E-state index contributed by atoms with van der Waals surface area (Å²) in [5, 5.41) is 10.7. The van der Waals surface area contributed by atoms with Gasteiger partial charge in [0, 0.05) is 23.0 Å². The lowest BCUT2D eigenvalue weighted by Crippen LogP contribution is -2.09. The largest absolute Gasteiger partial charge is 0.324 e. The number of nitrogens with zero attached hydrogens (tertiary/aromatic N) is 4. The van der Waals surface area contributed by atoms with E-state index in [-0.39, 0.29) is 0 Å². The second-order valence-electron chi connectivity index (χ2n) is 7.10. The van der Waals surface area contributed by atoms with Crippen molar-refractivity contribution in [3.8, 4) is 5.69 Å². The molecule has 0 aliphatic carbocycles. The minimum atomic E-state index is -3.32. The highest BCUT2D eigenvalue weighted by Gasteiger charge is 2.11. The van der Waals surface area contributed by atoms with Crippen molar-refractivity contribution in [2.45, 2.75) is 0 Å². The zero-order valence-corrected chi connectivity index (χ0v) is 17.3. The van der Waals surface area contributed by atoms with E-state index in [0.29, 0.717) is 17.3 Å². The number of hydrogen-bond donors (Lipinski definition) is 2. The van der Waals surface area contributed by atoms with Gasteiger partial charge in [-0.05, 0) is 35.7 Å². The maximum atomic E-state index is 11.4. The van der Waals surface area contributed by atoms with Crippen LogP contribution in [0.15, 0.2) is 79.1 Å². The first-order chi connectivity index (χ1) is 15.0. The lowest BCUT2D eigenvalue weighted by Gasteiger charge is -2.09. The minimum Gasteiger partial charge on any atom is -0.324 e. The van der Waals surface area contributed by atoms with Crippen LogP contribution in [0, 0.1) is 0 Å². The first-order valence-corrected chi connectivity index (χ1v) is 11.4. The van der Waals surface area contributed by atoms with Crippen LogP contribution in [-0.4, -0.2) is 34.4 Å². The third kappa shape index (κ3) is 3.90. The van der Waals surface area contributed by atoms with Gasteiger partial charge in [0.15, 0.2) is 5.65 Å². The normalized spacial score (nSPS) is 11.6. The quantitative estimate of drug-likeness (QED) is 0.436. The molecule has 2 heterocycles. The molecule has 2 aromatic heterocycles. The fourth-order valence-electron chi connectivity index (χ4n) is 3.41. The number of fused-ring (bicyclic) bond motifs is 2. The van der Waals surface area contributed by atoms with Crippen molar-refractivity contribution in [3.63, 3.8) is 0 Å². The van der Waals surface area contributed by atoms with Crippen LogP contribution in [0.5, 0.6) is 0 Å². The number of anilines is 3. The Morgan fingerprint density at radius 3 is 2.39 bits per heavy atom. The predicted octanol–water partition coefficient (Wildman–Crippen LogP) is 4.08. The van der Waals surface area contributed by atoms with E-state index in [4.69, 9.17) is 0 Å². The second-order valence-corrected chi connectivity index (χ2v) is 8.85. The summed E-state index contributed by atoms with van der Waals surface area (Å²) in [4.78, 5) is 9.03. The average Bonchev–Trinajstić information content (AvgIpc) is 3.17. The molecule has 3 aromatic carbocycles. The van der Waals surface area contributed by atoms with E-state index in [2.05, 4.69) is 43.3 Å². The van der Waals surface area contributed by atoms with Crippen LogP contribution in [0.3, 0.4) is 0 Å². The number of nitrogens with one attached hydrogen (secondary N) is 2. The SMILES string of the molecule is CS(=O)(=O)Nc1ccc(Nc2ncc3cnn(-c4cccc5ccccc45)c3n2)cc1. The molecule has 8 nitrogen and oxygen atoms in total. The molecule has 0 saturated heterocycles. The van der Waals surface area contributed by atoms with Gasteiger partial charge in [-0.25, -0.2) is 18.1 Å². The first-order valence-electron chi connectivity index (χ1n) is 9.50. The highest BCUT2D eigenvalue weighted by atomic mass is 32.2. The van der Waals surface area contributed by atoms with Crippen LogP contribution < -0.4 is 10.0 Å². The molecule has 0 saturated carbocycles. The van der Waals surface area contributed by atoms with E-state index in [1.165, 1.54) is 0 Å². The summed E-state index contributed by atoms with van der Waals surface area (Å²) in [6.07, 6.45) is 4.58. The summed E-state index contributed by atoms with van der Waals surface area (Å²) in [5.74, 6) is 0.415. The zero-order valence-electron chi connectivity index (χ0n) is 16.5. The Morgan fingerprint density at radius 2 is 1.58 bits per heavy atom. The standard InChI is InChI=1S/C22H18N6O2S/c1-31(29,30)27-18-11-9-17(10-12-18)25-22-23-13-16-14-24-28(21(16)26-22)20-8-4-6-15-5-2-3-7-19(15)20/h2-14,27H,1H3,(H,23,25,26). The Balaban J connectivity index is 1.49. The van der Waals surface area contributed by atoms with Crippen molar-refractivity contribution in [1.82, 2.24) is 19.7 Å². The highest BCUT2D eigenvalue weighted by Crippen LogP contribution is 2.25. The van der Waals surface area contributed by atoms with Gasteiger partial charge in [0.1, 0.15) is 0 Å². The summed E-state index contributed by atoms with van der Waals surface area (Å²) >= 11 is 0. The van der Waals surface area contributed by atoms with Gasteiger partial charge in [-0.1, -0.05) is 36.4 Å². The van der Waals surface area contributed by atoms with Crippen LogP contribution >= 0.6 is 0 Å². The molecule has 5 rings (SSSR count). The molecule has 0 fully saturated rings. The summed E-state index contributed by atoms with van der Waals surface area (Å²) in [6.45, 7) is 0.